The van der Waals surface area contributed by atoms with Crippen LogP contribution in [0.3, 0.4) is 0 Å². The zero-order chi connectivity index (χ0) is 18.1. The molecule has 0 amide bonds. The Balaban J connectivity index is 1.35. The first-order valence-corrected chi connectivity index (χ1v) is 9.33. The highest BCUT2D eigenvalue weighted by molar-refractivity contribution is 7.99. The summed E-state index contributed by atoms with van der Waals surface area (Å²) >= 11 is 1.41. The van der Waals surface area contributed by atoms with Gasteiger partial charge >= 0.3 is 0 Å². The number of aromatic nitrogens is 4. The summed E-state index contributed by atoms with van der Waals surface area (Å²) in [5, 5.41) is 0. The zero-order valence-corrected chi connectivity index (χ0v) is 14.8. The van der Waals surface area contributed by atoms with E-state index in [4.69, 9.17) is 5.73 Å². The van der Waals surface area contributed by atoms with Crippen LogP contribution in [0.1, 0.15) is 12.5 Å². The molecule has 1 atom stereocenters. The summed E-state index contributed by atoms with van der Waals surface area (Å²) in [6.07, 6.45) is 4.22. The van der Waals surface area contributed by atoms with Crippen LogP contribution in [-0.2, 0) is 0 Å². The number of nitrogens with zero attached hydrogens (tertiary/aromatic N) is 5. The van der Waals surface area contributed by atoms with Crippen LogP contribution in [0.25, 0.3) is 11.2 Å². The maximum atomic E-state index is 13.7. The average Bonchev–Trinajstić information content (AvgIpc) is 3.24. The highest BCUT2D eigenvalue weighted by Crippen LogP contribution is 2.27. The molecule has 1 unspecified atom stereocenters. The Morgan fingerprint density at radius 2 is 2.12 bits per heavy atom. The number of fused-ring (bicyclic) bond motifs is 1. The number of thioether (sulfide) groups is 1. The molecule has 3 heterocycles. The van der Waals surface area contributed by atoms with Gasteiger partial charge in [0.1, 0.15) is 23.5 Å². The second kappa shape index (κ2) is 7.16. The molecule has 26 heavy (non-hydrogen) atoms. The van der Waals surface area contributed by atoms with Crippen LogP contribution in [0.15, 0.2) is 35.7 Å². The Kier molecular flexibility index (Phi) is 4.73. The topological polar surface area (TPSA) is 72.9 Å². The number of hydrogen-bond acceptors (Lipinski definition) is 6. The number of benzene rings is 1. The van der Waals surface area contributed by atoms with Crippen molar-refractivity contribution in [2.45, 2.75) is 17.4 Å². The molecule has 4 rings (SSSR count). The SMILES string of the molecule is Nc1ncnc2c1ncn2C1CCN(CCSc2ccc(F)cc2F)C1. The van der Waals surface area contributed by atoms with Crippen LogP contribution in [0.5, 0.6) is 0 Å². The average molecular weight is 376 g/mol. The lowest BCUT2D eigenvalue weighted by Crippen LogP contribution is -2.24. The summed E-state index contributed by atoms with van der Waals surface area (Å²) in [6, 6.07) is 3.98. The van der Waals surface area contributed by atoms with E-state index in [1.54, 1.807) is 6.33 Å². The van der Waals surface area contributed by atoms with Crippen molar-refractivity contribution in [3.63, 3.8) is 0 Å². The number of anilines is 1. The number of rotatable bonds is 5. The maximum Gasteiger partial charge on any atom is 0.165 e. The van der Waals surface area contributed by atoms with Crippen molar-refractivity contribution >= 4 is 28.7 Å². The normalized spacial score (nSPS) is 18.0. The monoisotopic (exact) mass is 376 g/mol. The van der Waals surface area contributed by atoms with Gasteiger partial charge in [0.25, 0.3) is 0 Å². The molecule has 136 valence electrons. The highest BCUT2D eigenvalue weighted by Gasteiger charge is 2.25. The number of nitrogens with two attached hydrogens (primary N) is 1. The summed E-state index contributed by atoms with van der Waals surface area (Å²) < 4.78 is 28.7. The third kappa shape index (κ3) is 3.36. The minimum atomic E-state index is -0.550. The van der Waals surface area contributed by atoms with Gasteiger partial charge in [-0.2, -0.15) is 0 Å². The largest absolute Gasteiger partial charge is 0.382 e. The van der Waals surface area contributed by atoms with E-state index in [1.165, 1.54) is 30.2 Å². The Morgan fingerprint density at radius 3 is 2.96 bits per heavy atom. The Morgan fingerprint density at radius 1 is 1.23 bits per heavy atom. The molecule has 1 aliphatic heterocycles. The molecule has 2 N–H and O–H groups in total. The molecule has 3 aromatic rings. The number of hydrogen-bond donors (Lipinski definition) is 1. The molecule has 1 fully saturated rings. The van der Waals surface area contributed by atoms with Gasteiger partial charge in [0.15, 0.2) is 11.5 Å². The molecule has 1 aliphatic rings. The van der Waals surface area contributed by atoms with Crippen molar-refractivity contribution in [3.05, 3.63) is 42.5 Å². The van der Waals surface area contributed by atoms with Gasteiger partial charge in [-0.25, -0.2) is 23.7 Å². The standard InChI is InChI=1S/C17H18F2N6S/c18-11-1-2-14(13(19)7-11)26-6-5-24-4-3-12(8-24)25-10-23-15-16(20)21-9-22-17(15)25/h1-2,7,9-10,12H,3-6,8H2,(H2,20,21,22). The Labute approximate surface area is 153 Å². The fraction of sp³-hybridized carbons (Fsp3) is 0.353. The smallest absolute Gasteiger partial charge is 0.165 e. The summed E-state index contributed by atoms with van der Waals surface area (Å²) in [4.78, 5) is 15.4. The molecule has 2 aromatic heterocycles. The van der Waals surface area contributed by atoms with Crippen LogP contribution in [0.4, 0.5) is 14.6 Å². The van der Waals surface area contributed by atoms with Gasteiger partial charge in [-0.3, -0.25) is 0 Å². The van der Waals surface area contributed by atoms with E-state index in [1.807, 2.05) is 0 Å². The van der Waals surface area contributed by atoms with Gasteiger partial charge in [-0.1, -0.05) is 0 Å². The second-order valence-electron chi connectivity index (χ2n) is 6.25. The quantitative estimate of drug-likeness (QED) is 0.691. The fourth-order valence-electron chi connectivity index (χ4n) is 3.26. The summed E-state index contributed by atoms with van der Waals surface area (Å²) in [7, 11) is 0. The lowest BCUT2D eigenvalue weighted by atomic mass is 10.2. The van der Waals surface area contributed by atoms with Crippen LogP contribution in [-0.4, -0.2) is 49.8 Å². The van der Waals surface area contributed by atoms with E-state index in [-0.39, 0.29) is 6.04 Å². The first-order valence-electron chi connectivity index (χ1n) is 8.35. The van der Waals surface area contributed by atoms with Crippen LogP contribution in [0.2, 0.25) is 0 Å². The zero-order valence-electron chi connectivity index (χ0n) is 14.0. The van der Waals surface area contributed by atoms with Crippen molar-refractivity contribution in [1.82, 2.24) is 24.4 Å². The van der Waals surface area contributed by atoms with Gasteiger partial charge in [0.2, 0.25) is 0 Å². The number of nitrogen functional groups attached to an aromatic ring is 1. The summed E-state index contributed by atoms with van der Waals surface area (Å²) in [6.45, 7) is 2.67. The minimum absolute atomic E-state index is 0.279. The third-order valence-corrected chi connectivity index (χ3v) is 5.62. The van der Waals surface area contributed by atoms with E-state index in [0.717, 1.165) is 43.5 Å². The summed E-state index contributed by atoms with van der Waals surface area (Å²) in [5.41, 5.74) is 7.23. The Bertz CT molecular complexity index is 931. The second-order valence-corrected chi connectivity index (χ2v) is 7.39. The van der Waals surface area contributed by atoms with E-state index in [2.05, 4.69) is 24.4 Å². The lowest BCUT2D eigenvalue weighted by Gasteiger charge is -2.16. The van der Waals surface area contributed by atoms with Crippen molar-refractivity contribution < 1.29 is 8.78 Å². The molecule has 6 nitrogen and oxygen atoms in total. The van der Waals surface area contributed by atoms with E-state index < -0.39 is 11.6 Å². The first kappa shape index (κ1) is 17.2. The summed E-state index contributed by atoms with van der Waals surface area (Å²) in [5.74, 6) is 0.0822. The molecule has 1 aromatic carbocycles. The minimum Gasteiger partial charge on any atom is -0.382 e. The van der Waals surface area contributed by atoms with E-state index >= 15 is 0 Å². The molecule has 1 saturated heterocycles. The molecular weight excluding hydrogens is 358 g/mol. The van der Waals surface area contributed by atoms with Crippen LogP contribution >= 0.6 is 11.8 Å². The predicted octanol–water partition coefficient (Wildman–Crippen LogP) is 2.73. The van der Waals surface area contributed by atoms with Crippen LogP contribution < -0.4 is 5.73 Å². The fourth-order valence-corrected chi connectivity index (χ4v) is 4.19. The number of likely N-dealkylation sites (tertiary alicyclic amines) is 1. The first-order chi connectivity index (χ1) is 12.6. The molecule has 0 aliphatic carbocycles. The van der Waals surface area contributed by atoms with Crippen molar-refractivity contribution in [2.24, 2.45) is 0 Å². The molecular formula is C17H18F2N6S. The Hall–Kier alpha value is -2.26. The van der Waals surface area contributed by atoms with Crippen molar-refractivity contribution in [1.29, 1.82) is 0 Å². The number of imidazole rings is 1. The maximum absolute atomic E-state index is 13.7. The third-order valence-electron chi connectivity index (χ3n) is 4.59. The molecule has 0 bridgehead atoms. The lowest BCUT2D eigenvalue weighted by molar-refractivity contribution is 0.345. The van der Waals surface area contributed by atoms with Crippen LogP contribution in [0, 0.1) is 11.6 Å². The van der Waals surface area contributed by atoms with E-state index in [9.17, 15) is 8.78 Å². The molecule has 0 radical (unpaired) electrons. The van der Waals surface area contributed by atoms with Gasteiger partial charge in [0.05, 0.1) is 12.4 Å². The number of halogens is 2. The molecule has 9 heteroatoms. The van der Waals surface area contributed by atoms with Crippen molar-refractivity contribution in [2.75, 3.05) is 31.1 Å². The highest BCUT2D eigenvalue weighted by atomic mass is 32.2. The van der Waals surface area contributed by atoms with Gasteiger partial charge in [-0.15, -0.1) is 11.8 Å². The molecule has 0 saturated carbocycles. The van der Waals surface area contributed by atoms with Gasteiger partial charge in [0, 0.05) is 36.3 Å². The van der Waals surface area contributed by atoms with Crippen molar-refractivity contribution in [3.8, 4) is 0 Å². The van der Waals surface area contributed by atoms with Gasteiger partial charge in [-0.05, 0) is 18.6 Å². The van der Waals surface area contributed by atoms with E-state index in [0.29, 0.717) is 16.2 Å². The molecule has 0 spiro atoms. The predicted molar refractivity (Wildman–Crippen MR) is 96.9 cm³/mol. The van der Waals surface area contributed by atoms with Gasteiger partial charge < -0.3 is 15.2 Å².